The molecule has 4 heteroatoms. The van der Waals surface area contributed by atoms with Crippen LogP contribution in [0.1, 0.15) is 11.1 Å². The van der Waals surface area contributed by atoms with E-state index < -0.39 is 5.91 Å². The van der Waals surface area contributed by atoms with E-state index in [1.54, 1.807) is 6.92 Å². The van der Waals surface area contributed by atoms with Crippen molar-refractivity contribution in [3.63, 3.8) is 0 Å². The number of amides is 1. The van der Waals surface area contributed by atoms with Crippen LogP contribution >= 0.6 is 0 Å². The molecule has 0 saturated heterocycles. The number of carbonyl (C=O) groups is 1. The van der Waals surface area contributed by atoms with Gasteiger partial charge >= 0.3 is 0 Å². The van der Waals surface area contributed by atoms with Crippen molar-refractivity contribution in [2.75, 3.05) is 0 Å². The summed E-state index contributed by atoms with van der Waals surface area (Å²) in [6, 6.07) is 1.41. The number of primary amides is 1. The molecule has 0 fully saturated rings. The number of nitrogens with two attached hydrogens (primary N) is 1. The van der Waals surface area contributed by atoms with E-state index in [-0.39, 0.29) is 5.56 Å². The van der Waals surface area contributed by atoms with Crippen LogP contribution in [0, 0.1) is 18.8 Å². The largest absolute Gasteiger partial charge is 0.359 e. The molecule has 0 aliphatic rings. The molecule has 66 valence electrons. The van der Waals surface area contributed by atoms with Crippen molar-refractivity contribution in [2.45, 2.75) is 6.92 Å². The molecule has 0 spiro atoms. The van der Waals surface area contributed by atoms with Gasteiger partial charge in [0.05, 0.1) is 0 Å². The van der Waals surface area contributed by atoms with Gasteiger partial charge in [-0.15, -0.1) is 0 Å². The zero-order valence-electron chi connectivity index (χ0n) is 7.05. The second kappa shape index (κ2) is 3.59. The second-order valence-electron chi connectivity index (χ2n) is 2.51. The molecule has 1 aromatic heterocycles. The summed E-state index contributed by atoms with van der Waals surface area (Å²) in [5, 5.41) is 0. The normalized spacial score (nSPS) is 8.69. The predicted octanol–water partition coefficient (Wildman–Crippen LogP) is -0.480. The molecule has 0 radical (unpaired) electrons. The van der Waals surface area contributed by atoms with Crippen molar-refractivity contribution in [3.05, 3.63) is 33.7 Å². The van der Waals surface area contributed by atoms with Gasteiger partial charge in [-0.3, -0.25) is 9.59 Å². The van der Waals surface area contributed by atoms with Crippen LogP contribution in [-0.4, -0.2) is 10.9 Å². The highest BCUT2D eigenvalue weighted by molar-refractivity contribution is 5.92. The molecule has 1 aromatic rings. The molecule has 4 nitrogen and oxygen atoms in total. The van der Waals surface area contributed by atoms with Crippen molar-refractivity contribution >= 4 is 5.91 Å². The van der Waals surface area contributed by atoms with Crippen LogP contribution < -0.4 is 11.3 Å². The molecule has 13 heavy (non-hydrogen) atoms. The molecule has 0 aliphatic carbocycles. The lowest BCUT2D eigenvalue weighted by Gasteiger charge is -1.93. The molecule has 0 atom stereocenters. The van der Waals surface area contributed by atoms with Gasteiger partial charge in [0.2, 0.25) is 5.56 Å². The number of hydrogen-bond acceptors (Lipinski definition) is 2. The molecule has 1 amide bonds. The number of carbonyl (C=O) groups excluding carboxylic acids is 1. The lowest BCUT2D eigenvalue weighted by molar-refractivity contribution is -0.112. The van der Waals surface area contributed by atoms with Gasteiger partial charge in [-0.2, -0.15) is 0 Å². The lowest BCUT2D eigenvalue weighted by Crippen LogP contribution is -2.07. The van der Waals surface area contributed by atoms with E-state index in [1.165, 1.54) is 12.3 Å². The minimum Gasteiger partial charge on any atom is -0.359 e. The SMILES string of the molecule is Cc1cc(=O)[nH]cc1C#CC(N)=O. The first-order chi connectivity index (χ1) is 6.09. The fourth-order valence-corrected chi connectivity index (χ4v) is 0.837. The first-order valence-electron chi connectivity index (χ1n) is 3.60. The maximum absolute atomic E-state index is 10.8. The molecule has 0 saturated carbocycles. The summed E-state index contributed by atoms with van der Waals surface area (Å²) in [6.45, 7) is 1.74. The standard InChI is InChI=1S/C9H8N2O2/c1-6-4-9(13)11-5-7(6)2-3-8(10)12/h4-5H,1H3,(H2,10,12)(H,11,13). The topological polar surface area (TPSA) is 75.9 Å². The third-order valence-electron chi connectivity index (χ3n) is 1.45. The van der Waals surface area contributed by atoms with E-state index in [2.05, 4.69) is 16.8 Å². The van der Waals surface area contributed by atoms with Crippen molar-refractivity contribution in [2.24, 2.45) is 5.73 Å². The van der Waals surface area contributed by atoms with E-state index in [0.29, 0.717) is 5.56 Å². The predicted molar refractivity (Wildman–Crippen MR) is 47.9 cm³/mol. The van der Waals surface area contributed by atoms with Crippen molar-refractivity contribution < 1.29 is 4.79 Å². The monoisotopic (exact) mass is 176 g/mol. The molecule has 3 N–H and O–H groups in total. The highest BCUT2D eigenvalue weighted by atomic mass is 16.1. The Morgan fingerprint density at radius 1 is 1.62 bits per heavy atom. The van der Waals surface area contributed by atoms with Crippen LogP contribution in [0.4, 0.5) is 0 Å². The Morgan fingerprint density at radius 3 is 2.85 bits per heavy atom. The summed E-state index contributed by atoms with van der Waals surface area (Å²) in [6.07, 6.45) is 1.45. The number of aromatic amines is 1. The Hall–Kier alpha value is -2.02. The van der Waals surface area contributed by atoms with Crippen LogP contribution in [0.2, 0.25) is 0 Å². The number of aryl methyl sites for hydroxylation is 1. The smallest absolute Gasteiger partial charge is 0.293 e. The lowest BCUT2D eigenvalue weighted by atomic mass is 10.2. The van der Waals surface area contributed by atoms with Gasteiger partial charge in [-0.05, 0) is 12.5 Å². The Labute approximate surface area is 74.8 Å². The van der Waals surface area contributed by atoms with Gasteiger partial charge in [0.15, 0.2) is 0 Å². The number of rotatable bonds is 0. The van der Waals surface area contributed by atoms with Crippen molar-refractivity contribution in [3.8, 4) is 11.8 Å². The Kier molecular flexibility index (Phi) is 2.50. The van der Waals surface area contributed by atoms with Gasteiger partial charge < -0.3 is 10.7 Å². The van der Waals surface area contributed by atoms with Gasteiger partial charge in [-0.25, -0.2) is 0 Å². The number of nitrogens with one attached hydrogen (secondary N) is 1. The minimum atomic E-state index is -0.689. The average Bonchev–Trinajstić information content (AvgIpc) is 2.02. The molecule has 0 aliphatic heterocycles. The Bertz CT molecular complexity index is 449. The van der Waals surface area contributed by atoms with Gasteiger partial charge in [0, 0.05) is 23.7 Å². The summed E-state index contributed by atoms with van der Waals surface area (Å²) < 4.78 is 0. The quantitative estimate of drug-likeness (QED) is 0.524. The van der Waals surface area contributed by atoms with E-state index in [9.17, 15) is 9.59 Å². The number of hydrogen-bond donors (Lipinski definition) is 2. The summed E-state index contributed by atoms with van der Waals surface area (Å²) in [7, 11) is 0. The zero-order valence-corrected chi connectivity index (χ0v) is 7.05. The third kappa shape index (κ3) is 2.49. The first kappa shape index (κ1) is 9.07. The summed E-state index contributed by atoms with van der Waals surface area (Å²) in [5.41, 5.74) is 5.96. The van der Waals surface area contributed by atoms with E-state index in [4.69, 9.17) is 5.73 Å². The Balaban J connectivity index is 3.12. The number of H-pyrrole nitrogens is 1. The Morgan fingerprint density at radius 2 is 2.31 bits per heavy atom. The maximum atomic E-state index is 10.8. The maximum Gasteiger partial charge on any atom is 0.293 e. The van der Waals surface area contributed by atoms with Crippen LogP contribution in [-0.2, 0) is 4.79 Å². The molecule has 1 rings (SSSR count). The molecule has 1 heterocycles. The highest BCUT2D eigenvalue weighted by Gasteiger charge is 1.94. The van der Waals surface area contributed by atoms with Gasteiger partial charge in [0.1, 0.15) is 0 Å². The summed E-state index contributed by atoms with van der Waals surface area (Å²) in [5.74, 6) is 4.04. The van der Waals surface area contributed by atoms with Crippen LogP contribution in [0.3, 0.4) is 0 Å². The molecule has 0 bridgehead atoms. The zero-order chi connectivity index (χ0) is 9.84. The molecule has 0 unspecified atom stereocenters. The number of pyridine rings is 1. The molecular formula is C9H8N2O2. The average molecular weight is 176 g/mol. The third-order valence-corrected chi connectivity index (χ3v) is 1.45. The fraction of sp³-hybridized carbons (Fsp3) is 0.111. The van der Waals surface area contributed by atoms with Crippen LogP contribution in [0.5, 0.6) is 0 Å². The van der Waals surface area contributed by atoms with E-state index in [1.807, 2.05) is 0 Å². The van der Waals surface area contributed by atoms with Crippen molar-refractivity contribution in [1.29, 1.82) is 0 Å². The van der Waals surface area contributed by atoms with Gasteiger partial charge in [0.25, 0.3) is 5.91 Å². The summed E-state index contributed by atoms with van der Waals surface area (Å²) >= 11 is 0. The number of aromatic nitrogens is 1. The second-order valence-corrected chi connectivity index (χ2v) is 2.51. The van der Waals surface area contributed by atoms with Gasteiger partial charge in [-0.1, -0.05) is 5.92 Å². The van der Waals surface area contributed by atoms with E-state index >= 15 is 0 Å². The molecular weight excluding hydrogens is 168 g/mol. The first-order valence-corrected chi connectivity index (χ1v) is 3.60. The van der Waals surface area contributed by atoms with Crippen LogP contribution in [0.15, 0.2) is 17.1 Å². The molecule has 0 aromatic carbocycles. The highest BCUT2D eigenvalue weighted by Crippen LogP contribution is 1.98. The van der Waals surface area contributed by atoms with E-state index in [0.717, 1.165) is 5.56 Å². The summed E-state index contributed by atoms with van der Waals surface area (Å²) in [4.78, 5) is 23.6. The fourth-order valence-electron chi connectivity index (χ4n) is 0.837. The van der Waals surface area contributed by atoms with Crippen LogP contribution in [0.25, 0.3) is 0 Å². The minimum absolute atomic E-state index is 0.192. The van der Waals surface area contributed by atoms with Crippen molar-refractivity contribution in [1.82, 2.24) is 4.98 Å².